The Balaban J connectivity index is 1.97. The highest BCUT2D eigenvalue weighted by Crippen LogP contribution is 2.29. The summed E-state index contributed by atoms with van der Waals surface area (Å²) >= 11 is 0. The van der Waals surface area contributed by atoms with Gasteiger partial charge in [-0.3, -0.25) is 9.59 Å². The summed E-state index contributed by atoms with van der Waals surface area (Å²) in [7, 11) is 1.49. The second-order valence-corrected chi connectivity index (χ2v) is 7.57. The first-order valence-corrected chi connectivity index (χ1v) is 10.1. The lowest BCUT2D eigenvalue weighted by Crippen LogP contribution is -2.30. The van der Waals surface area contributed by atoms with E-state index >= 15 is 0 Å². The van der Waals surface area contributed by atoms with E-state index in [0.29, 0.717) is 35.3 Å². The molecule has 0 saturated heterocycles. The van der Waals surface area contributed by atoms with E-state index in [1.165, 1.54) is 27.0 Å². The molecule has 7 heteroatoms. The van der Waals surface area contributed by atoms with Crippen LogP contribution < -0.4 is 14.8 Å². The second-order valence-electron chi connectivity index (χ2n) is 7.57. The fourth-order valence-electron chi connectivity index (χ4n) is 2.63. The van der Waals surface area contributed by atoms with Crippen molar-refractivity contribution < 1.29 is 28.6 Å². The maximum Gasteiger partial charge on any atom is 0.339 e. The Morgan fingerprint density at radius 3 is 2.16 bits per heavy atom. The molecule has 1 amide bonds. The number of esters is 1. The number of Topliss-reactive ketones (excluding diaryl/α,β-unsaturated/α-hetero) is 1. The van der Waals surface area contributed by atoms with Gasteiger partial charge in [0, 0.05) is 11.3 Å². The zero-order valence-electron chi connectivity index (χ0n) is 18.6. The number of rotatable bonds is 10. The molecule has 1 unspecified atom stereocenters. The van der Waals surface area contributed by atoms with Gasteiger partial charge in [-0.1, -0.05) is 13.8 Å². The van der Waals surface area contributed by atoms with Gasteiger partial charge in [0.05, 0.1) is 19.3 Å². The molecule has 2 rings (SSSR count). The average molecular weight is 427 g/mol. The van der Waals surface area contributed by atoms with Crippen LogP contribution in [0.3, 0.4) is 0 Å². The Morgan fingerprint density at radius 1 is 0.935 bits per heavy atom. The van der Waals surface area contributed by atoms with Crippen LogP contribution in [-0.2, 0) is 9.53 Å². The summed E-state index contributed by atoms with van der Waals surface area (Å²) in [4.78, 5) is 36.2. The molecule has 1 atom stereocenters. The van der Waals surface area contributed by atoms with Crippen LogP contribution in [0.5, 0.6) is 11.5 Å². The molecule has 31 heavy (non-hydrogen) atoms. The summed E-state index contributed by atoms with van der Waals surface area (Å²) in [6.07, 6.45) is -0.121. The highest BCUT2D eigenvalue weighted by Gasteiger charge is 2.20. The molecule has 2 aromatic rings. The Labute approximate surface area is 182 Å². The van der Waals surface area contributed by atoms with Gasteiger partial charge in [-0.05, 0) is 68.7 Å². The number of nitrogens with one attached hydrogen (secondary N) is 1. The highest BCUT2D eigenvalue weighted by atomic mass is 16.5. The molecule has 0 aliphatic carbocycles. The number of hydrogen-bond donors (Lipinski definition) is 1. The minimum atomic E-state index is -1.02. The maximum absolute atomic E-state index is 12.5. The standard InChI is InChI=1S/C24H29NO6/c1-15(2)12-13-30-21-11-8-19(14-22(21)29-5)24(28)31-17(4)23(27)25-20-9-6-18(7-10-20)16(3)26/h6-11,14-15,17H,12-13H2,1-5H3,(H,25,27). The van der Waals surface area contributed by atoms with E-state index < -0.39 is 18.0 Å². The molecule has 0 heterocycles. The lowest BCUT2D eigenvalue weighted by Gasteiger charge is -2.15. The van der Waals surface area contributed by atoms with E-state index in [-0.39, 0.29) is 11.3 Å². The summed E-state index contributed by atoms with van der Waals surface area (Å²) in [6.45, 7) is 7.71. The monoisotopic (exact) mass is 427 g/mol. The summed E-state index contributed by atoms with van der Waals surface area (Å²) in [5.41, 5.74) is 1.30. The van der Waals surface area contributed by atoms with E-state index in [1.54, 1.807) is 36.4 Å². The Bertz CT molecular complexity index is 920. The van der Waals surface area contributed by atoms with Crippen LogP contribution in [-0.4, -0.2) is 37.5 Å². The van der Waals surface area contributed by atoms with Crippen molar-refractivity contribution in [3.05, 3.63) is 53.6 Å². The van der Waals surface area contributed by atoms with Crippen LogP contribution in [0.2, 0.25) is 0 Å². The van der Waals surface area contributed by atoms with Crippen molar-refractivity contribution in [2.45, 2.75) is 40.2 Å². The van der Waals surface area contributed by atoms with Crippen LogP contribution in [0.1, 0.15) is 54.8 Å². The number of ether oxygens (including phenoxy) is 3. The third-order valence-corrected chi connectivity index (χ3v) is 4.56. The number of carbonyl (C=O) groups is 3. The van der Waals surface area contributed by atoms with E-state index in [0.717, 1.165) is 6.42 Å². The SMILES string of the molecule is COc1cc(C(=O)OC(C)C(=O)Nc2ccc(C(C)=O)cc2)ccc1OCCC(C)C. The van der Waals surface area contributed by atoms with E-state index in [1.807, 2.05) is 0 Å². The lowest BCUT2D eigenvalue weighted by molar-refractivity contribution is -0.123. The van der Waals surface area contributed by atoms with Crippen LogP contribution in [0, 0.1) is 5.92 Å². The fourth-order valence-corrected chi connectivity index (χ4v) is 2.63. The third-order valence-electron chi connectivity index (χ3n) is 4.56. The van der Waals surface area contributed by atoms with E-state index in [9.17, 15) is 14.4 Å². The molecule has 0 fully saturated rings. The minimum Gasteiger partial charge on any atom is -0.493 e. The van der Waals surface area contributed by atoms with Crippen LogP contribution in [0.25, 0.3) is 0 Å². The largest absolute Gasteiger partial charge is 0.493 e. The van der Waals surface area contributed by atoms with Gasteiger partial charge in [-0.25, -0.2) is 4.79 Å². The van der Waals surface area contributed by atoms with Crippen molar-refractivity contribution in [1.82, 2.24) is 0 Å². The molecular weight excluding hydrogens is 398 g/mol. The molecule has 0 radical (unpaired) electrons. The molecule has 0 aliphatic heterocycles. The summed E-state index contributed by atoms with van der Waals surface area (Å²) in [6, 6.07) is 11.2. The zero-order chi connectivity index (χ0) is 23.0. The van der Waals surface area contributed by atoms with Crippen LogP contribution in [0.4, 0.5) is 5.69 Å². The normalized spacial score (nSPS) is 11.5. The quantitative estimate of drug-likeness (QED) is 0.443. The van der Waals surface area contributed by atoms with Gasteiger partial charge in [-0.15, -0.1) is 0 Å². The van der Waals surface area contributed by atoms with Gasteiger partial charge in [0.2, 0.25) is 0 Å². The Kier molecular flexibility index (Phi) is 8.61. The number of methoxy groups -OCH3 is 1. The first-order valence-electron chi connectivity index (χ1n) is 10.1. The van der Waals surface area contributed by atoms with Gasteiger partial charge in [0.15, 0.2) is 23.4 Å². The zero-order valence-corrected chi connectivity index (χ0v) is 18.6. The maximum atomic E-state index is 12.5. The van der Waals surface area contributed by atoms with Crippen LogP contribution in [0.15, 0.2) is 42.5 Å². The molecule has 1 N–H and O–H groups in total. The molecule has 0 saturated carbocycles. The number of anilines is 1. The highest BCUT2D eigenvalue weighted by molar-refractivity contribution is 5.98. The third kappa shape index (κ3) is 7.13. The first-order chi connectivity index (χ1) is 14.7. The lowest BCUT2D eigenvalue weighted by atomic mass is 10.1. The summed E-state index contributed by atoms with van der Waals surface area (Å²) in [5.74, 6) is 0.276. The molecule has 0 bridgehead atoms. The second kappa shape index (κ2) is 11.2. The van der Waals surface area contributed by atoms with E-state index in [4.69, 9.17) is 14.2 Å². The van der Waals surface area contributed by atoms with Crippen LogP contribution >= 0.6 is 0 Å². The summed E-state index contributed by atoms with van der Waals surface area (Å²) in [5, 5.41) is 2.66. The average Bonchev–Trinajstić information content (AvgIpc) is 2.73. The van der Waals surface area contributed by atoms with Crippen molar-refractivity contribution in [3.63, 3.8) is 0 Å². The smallest absolute Gasteiger partial charge is 0.339 e. The van der Waals surface area contributed by atoms with Gasteiger partial charge in [-0.2, -0.15) is 0 Å². The van der Waals surface area contributed by atoms with Gasteiger partial charge in [0.1, 0.15) is 0 Å². The first kappa shape index (κ1) is 23.9. The van der Waals surface area contributed by atoms with Gasteiger partial charge in [0.25, 0.3) is 5.91 Å². The molecule has 2 aromatic carbocycles. The number of hydrogen-bond acceptors (Lipinski definition) is 6. The van der Waals surface area contributed by atoms with Gasteiger partial charge >= 0.3 is 5.97 Å². The number of benzene rings is 2. The summed E-state index contributed by atoms with van der Waals surface area (Å²) < 4.78 is 16.3. The van der Waals surface area contributed by atoms with Crippen molar-refractivity contribution in [2.75, 3.05) is 19.0 Å². The van der Waals surface area contributed by atoms with E-state index in [2.05, 4.69) is 19.2 Å². The van der Waals surface area contributed by atoms with Crippen molar-refractivity contribution in [2.24, 2.45) is 5.92 Å². The fraction of sp³-hybridized carbons (Fsp3) is 0.375. The molecule has 0 aromatic heterocycles. The number of carbonyl (C=O) groups excluding carboxylic acids is 3. The predicted octanol–water partition coefficient (Wildman–Crippen LogP) is 4.51. The van der Waals surface area contributed by atoms with Crippen molar-refractivity contribution >= 4 is 23.3 Å². The molecule has 7 nitrogen and oxygen atoms in total. The Hall–Kier alpha value is -3.35. The Morgan fingerprint density at radius 2 is 1.58 bits per heavy atom. The minimum absolute atomic E-state index is 0.0630. The predicted molar refractivity (Wildman–Crippen MR) is 118 cm³/mol. The molecule has 166 valence electrons. The number of amides is 1. The van der Waals surface area contributed by atoms with Crippen molar-refractivity contribution in [3.8, 4) is 11.5 Å². The molecule has 0 spiro atoms. The van der Waals surface area contributed by atoms with Gasteiger partial charge < -0.3 is 19.5 Å². The molecular formula is C24H29NO6. The molecule has 0 aliphatic rings. The topological polar surface area (TPSA) is 90.9 Å². The number of ketones is 1. The van der Waals surface area contributed by atoms with Crippen molar-refractivity contribution in [1.29, 1.82) is 0 Å².